The van der Waals surface area contributed by atoms with Gasteiger partial charge in [0.05, 0.1) is 10.0 Å². The van der Waals surface area contributed by atoms with Crippen LogP contribution in [0.1, 0.15) is 25.1 Å². The predicted molar refractivity (Wildman–Crippen MR) is 113 cm³/mol. The number of aromatic nitrogens is 2. The molecule has 1 aliphatic rings. The Morgan fingerprint density at radius 1 is 1.24 bits per heavy atom. The lowest BCUT2D eigenvalue weighted by molar-refractivity contribution is -0.126. The molecule has 1 fully saturated rings. The number of aryl methyl sites for hydroxylation is 2. The van der Waals surface area contributed by atoms with Gasteiger partial charge in [0.1, 0.15) is 10.7 Å². The zero-order chi connectivity index (χ0) is 21.0. The minimum absolute atomic E-state index is 0.0276. The Kier molecular flexibility index (Phi) is 7.21. The molecule has 1 aromatic heterocycles. The van der Waals surface area contributed by atoms with Gasteiger partial charge in [-0.25, -0.2) is 13.4 Å². The molecule has 0 saturated carbocycles. The Morgan fingerprint density at radius 3 is 2.48 bits per heavy atom. The fraction of sp³-hybridized carbons (Fsp3) is 0.474. The summed E-state index contributed by atoms with van der Waals surface area (Å²) in [5.74, 6) is 0.724. The van der Waals surface area contributed by atoms with E-state index in [-0.39, 0.29) is 39.9 Å². The number of carbonyl (C=O) groups is 1. The molecule has 0 radical (unpaired) electrons. The largest absolute Gasteiger partial charge is 0.356 e. The van der Waals surface area contributed by atoms with E-state index in [0.29, 0.717) is 19.4 Å². The van der Waals surface area contributed by atoms with Gasteiger partial charge in [0, 0.05) is 44.5 Å². The molecule has 10 heteroatoms. The molecule has 7 nitrogen and oxygen atoms in total. The normalized spacial score (nSPS) is 16.1. The number of benzene rings is 1. The van der Waals surface area contributed by atoms with Crippen molar-refractivity contribution in [2.75, 3.05) is 19.6 Å². The first-order chi connectivity index (χ1) is 13.8. The highest BCUT2D eigenvalue weighted by Crippen LogP contribution is 2.33. The predicted octanol–water partition coefficient (Wildman–Crippen LogP) is 3.11. The second-order valence-corrected chi connectivity index (χ2v) is 9.73. The SMILES string of the molecule is Cc1nccn1CCCNC(=O)C1CCN(S(=O)(=O)c2c(Cl)cccc2Cl)CC1. The fourth-order valence-corrected chi connectivity index (χ4v) is 6.02. The standard InChI is InChI=1S/C19H24Cl2N4O3S/c1-14-22-9-13-24(14)10-3-8-23-19(26)15-6-11-25(12-7-15)29(27,28)18-16(20)4-2-5-17(18)21/h2,4-5,9,13,15H,3,6-8,10-12H2,1H3,(H,23,26). The second kappa shape index (κ2) is 9.47. The molecule has 3 rings (SSSR count). The topological polar surface area (TPSA) is 84.3 Å². The van der Waals surface area contributed by atoms with Crippen molar-refractivity contribution in [1.29, 1.82) is 0 Å². The summed E-state index contributed by atoms with van der Waals surface area (Å²) in [5.41, 5.74) is 0. The number of hydrogen-bond acceptors (Lipinski definition) is 4. The van der Waals surface area contributed by atoms with Crippen molar-refractivity contribution in [3.8, 4) is 0 Å². The second-order valence-electron chi connectivity index (χ2n) is 7.04. The van der Waals surface area contributed by atoms with Crippen LogP contribution in [0.4, 0.5) is 0 Å². The third kappa shape index (κ3) is 5.12. The van der Waals surface area contributed by atoms with Gasteiger partial charge in [0.2, 0.25) is 15.9 Å². The lowest BCUT2D eigenvalue weighted by Gasteiger charge is -2.31. The molecule has 1 saturated heterocycles. The van der Waals surface area contributed by atoms with E-state index in [1.165, 1.54) is 16.4 Å². The first-order valence-electron chi connectivity index (χ1n) is 9.50. The van der Waals surface area contributed by atoms with Crippen molar-refractivity contribution in [2.24, 2.45) is 5.92 Å². The molecular formula is C19H24Cl2N4O3S. The lowest BCUT2D eigenvalue weighted by Crippen LogP contribution is -2.43. The summed E-state index contributed by atoms with van der Waals surface area (Å²) in [7, 11) is -3.79. The number of carbonyl (C=O) groups excluding carboxylic acids is 1. The first kappa shape index (κ1) is 22.1. The maximum atomic E-state index is 12.9. The Balaban J connectivity index is 1.49. The third-order valence-electron chi connectivity index (χ3n) is 5.14. The van der Waals surface area contributed by atoms with Crippen LogP contribution in [0.3, 0.4) is 0 Å². The smallest absolute Gasteiger partial charge is 0.246 e. The van der Waals surface area contributed by atoms with Crippen LogP contribution in [-0.2, 0) is 21.4 Å². The first-order valence-corrected chi connectivity index (χ1v) is 11.7. The minimum atomic E-state index is -3.79. The zero-order valence-electron chi connectivity index (χ0n) is 16.1. The molecule has 1 aliphatic heterocycles. The summed E-state index contributed by atoms with van der Waals surface area (Å²) < 4.78 is 29.2. The van der Waals surface area contributed by atoms with Gasteiger partial charge < -0.3 is 9.88 Å². The van der Waals surface area contributed by atoms with Gasteiger partial charge in [-0.15, -0.1) is 0 Å². The van der Waals surface area contributed by atoms with Gasteiger partial charge in [-0.1, -0.05) is 29.3 Å². The average molecular weight is 459 g/mol. The number of nitrogens with zero attached hydrogens (tertiary/aromatic N) is 3. The maximum absolute atomic E-state index is 12.9. The maximum Gasteiger partial charge on any atom is 0.246 e. The van der Waals surface area contributed by atoms with E-state index in [2.05, 4.69) is 10.3 Å². The molecule has 29 heavy (non-hydrogen) atoms. The van der Waals surface area contributed by atoms with Crippen LogP contribution in [0.25, 0.3) is 0 Å². The van der Waals surface area contributed by atoms with Crippen molar-refractivity contribution in [3.63, 3.8) is 0 Å². The molecule has 158 valence electrons. The minimum Gasteiger partial charge on any atom is -0.356 e. The van der Waals surface area contributed by atoms with Crippen molar-refractivity contribution in [1.82, 2.24) is 19.2 Å². The van der Waals surface area contributed by atoms with E-state index in [4.69, 9.17) is 23.2 Å². The summed E-state index contributed by atoms with van der Waals surface area (Å²) in [6, 6.07) is 4.62. The van der Waals surface area contributed by atoms with Crippen molar-refractivity contribution < 1.29 is 13.2 Å². The summed E-state index contributed by atoms with van der Waals surface area (Å²) in [4.78, 5) is 16.5. The summed E-state index contributed by atoms with van der Waals surface area (Å²) in [6.45, 7) is 3.83. The number of piperidine rings is 1. The number of imidazole rings is 1. The molecule has 1 aromatic carbocycles. The zero-order valence-corrected chi connectivity index (χ0v) is 18.5. The van der Waals surface area contributed by atoms with Crippen LogP contribution in [0.5, 0.6) is 0 Å². The summed E-state index contributed by atoms with van der Waals surface area (Å²) in [5, 5.41) is 3.16. The average Bonchev–Trinajstić information content (AvgIpc) is 3.09. The number of hydrogen-bond donors (Lipinski definition) is 1. The molecule has 2 aromatic rings. The van der Waals surface area contributed by atoms with E-state index < -0.39 is 10.0 Å². The summed E-state index contributed by atoms with van der Waals surface area (Å²) in [6.07, 6.45) is 5.41. The Bertz CT molecular complexity index is 949. The highest BCUT2D eigenvalue weighted by molar-refractivity contribution is 7.89. The van der Waals surface area contributed by atoms with Crippen molar-refractivity contribution >= 4 is 39.1 Å². The van der Waals surface area contributed by atoms with Crippen LogP contribution < -0.4 is 5.32 Å². The molecule has 1 N–H and O–H groups in total. The Hall–Kier alpha value is -1.61. The van der Waals surface area contributed by atoms with Crippen LogP contribution in [0.15, 0.2) is 35.5 Å². The molecule has 0 unspecified atom stereocenters. The van der Waals surface area contributed by atoms with Gasteiger partial charge in [0.15, 0.2) is 0 Å². The molecule has 0 spiro atoms. The van der Waals surface area contributed by atoms with Crippen LogP contribution in [-0.4, -0.2) is 47.8 Å². The van der Waals surface area contributed by atoms with Crippen LogP contribution in [0, 0.1) is 12.8 Å². The van der Waals surface area contributed by atoms with E-state index in [1.807, 2.05) is 17.7 Å². The van der Waals surface area contributed by atoms with Crippen LogP contribution in [0.2, 0.25) is 10.0 Å². The number of sulfonamides is 1. The van der Waals surface area contributed by atoms with E-state index in [1.54, 1.807) is 12.3 Å². The molecule has 0 atom stereocenters. The highest BCUT2D eigenvalue weighted by atomic mass is 35.5. The quantitative estimate of drug-likeness (QED) is 0.645. The fourth-order valence-electron chi connectivity index (χ4n) is 3.46. The van der Waals surface area contributed by atoms with Gasteiger partial charge in [0.25, 0.3) is 0 Å². The van der Waals surface area contributed by atoms with Gasteiger partial charge in [-0.3, -0.25) is 4.79 Å². The molecule has 1 amide bonds. The van der Waals surface area contributed by atoms with Gasteiger partial charge in [-0.2, -0.15) is 4.31 Å². The van der Waals surface area contributed by atoms with E-state index in [0.717, 1.165) is 18.8 Å². The molecule has 2 heterocycles. The van der Waals surface area contributed by atoms with Crippen LogP contribution >= 0.6 is 23.2 Å². The highest BCUT2D eigenvalue weighted by Gasteiger charge is 2.34. The lowest BCUT2D eigenvalue weighted by atomic mass is 9.97. The third-order valence-corrected chi connectivity index (χ3v) is 7.99. The van der Waals surface area contributed by atoms with Gasteiger partial charge >= 0.3 is 0 Å². The molecule has 0 bridgehead atoms. The molecular weight excluding hydrogens is 435 g/mol. The number of halogens is 2. The van der Waals surface area contributed by atoms with Gasteiger partial charge in [-0.05, 0) is 38.3 Å². The van der Waals surface area contributed by atoms with E-state index in [9.17, 15) is 13.2 Å². The Morgan fingerprint density at radius 2 is 1.90 bits per heavy atom. The van der Waals surface area contributed by atoms with E-state index >= 15 is 0 Å². The molecule has 0 aliphatic carbocycles. The van der Waals surface area contributed by atoms with Crippen molar-refractivity contribution in [3.05, 3.63) is 46.5 Å². The summed E-state index contributed by atoms with van der Waals surface area (Å²) >= 11 is 12.1. The number of rotatable bonds is 7. The monoisotopic (exact) mass is 458 g/mol. The Labute approximate surface area is 181 Å². The number of nitrogens with one attached hydrogen (secondary N) is 1. The van der Waals surface area contributed by atoms with Crippen molar-refractivity contribution in [2.45, 2.75) is 37.6 Å². The number of amides is 1.